The number of benzene rings is 2. The second-order valence-corrected chi connectivity index (χ2v) is 6.63. The lowest BCUT2D eigenvalue weighted by Gasteiger charge is -2.17. The summed E-state index contributed by atoms with van der Waals surface area (Å²) in [4.78, 5) is 21.0. The van der Waals surface area contributed by atoms with Gasteiger partial charge in [-0.05, 0) is 29.3 Å². The van der Waals surface area contributed by atoms with Crippen LogP contribution in [-0.2, 0) is 16.0 Å². The quantitative estimate of drug-likeness (QED) is 0.717. The maximum Gasteiger partial charge on any atom is 0.253 e. The molecule has 2 aromatic carbocycles. The predicted molar refractivity (Wildman–Crippen MR) is 105 cm³/mol. The molecule has 1 N–H and O–H groups in total. The number of rotatable bonds is 6. The van der Waals surface area contributed by atoms with Gasteiger partial charge in [-0.25, -0.2) is 0 Å². The lowest BCUT2D eigenvalue weighted by Crippen LogP contribution is -2.37. The van der Waals surface area contributed by atoms with Gasteiger partial charge in [0.1, 0.15) is 11.9 Å². The summed E-state index contributed by atoms with van der Waals surface area (Å²) in [6, 6.07) is 15.4. The maximum absolute atomic E-state index is 12.5. The van der Waals surface area contributed by atoms with Crippen molar-refractivity contribution in [2.75, 3.05) is 13.7 Å². The number of methoxy groups -OCH3 is 1. The molecule has 1 aromatic heterocycles. The van der Waals surface area contributed by atoms with Crippen LogP contribution in [0, 0.1) is 0 Å². The fourth-order valence-electron chi connectivity index (χ4n) is 3.37. The van der Waals surface area contributed by atoms with Crippen molar-refractivity contribution in [1.29, 1.82) is 0 Å². The van der Waals surface area contributed by atoms with Crippen LogP contribution in [0.15, 0.2) is 67.1 Å². The Balaban J connectivity index is 1.38. The van der Waals surface area contributed by atoms with Crippen molar-refractivity contribution >= 4 is 5.91 Å². The van der Waals surface area contributed by atoms with Crippen LogP contribution in [0.2, 0.25) is 0 Å². The van der Waals surface area contributed by atoms with Gasteiger partial charge in [0.15, 0.2) is 6.10 Å². The number of nitrogens with one attached hydrogen (secondary N) is 1. The van der Waals surface area contributed by atoms with Gasteiger partial charge in [-0.3, -0.25) is 14.8 Å². The van der Waals surface area contributed by atoms with Crippen LogP contribution < -0.4 is 10.1 Å². The van der Waals surface area contributed by atoms with E-state index in [-0.39, 0.29) is 12.0 Å². The van der Waals surface area contributed by atoms with Gasteiger partial charge in [0.25, 0.3) is 5.91 Å². The van der Waals surface area contributed by atoms with Crippen LogP contribution in [0.4, 0.5) is 0 Å². The van der Waals surface area contributed by atoms with Crippen LogP contribution in [0.5, 0.6) is 5.75 Å². The molecule has 0 saturated heterocycles. The number of fused-ring (bicyclic) bond motifs is 1. The normalized spacial score (nSPS) is 16.1. The number of nitrogens with zero attached hydrogens (tertiary/aromatic N) is 2. The Morgan fingerprint density at radius 1 is 1.25 bits per heavy atom. The van der Waals surface area contributed by atoms with Gasteiger partial charge < -0.3 is 14.8 Å². The first-order valence-electron chi connectivity index (χ1n) is 9.16. The summed E-state index contributed by atoms with van der Waals surface area (Å²) in [7, 11) is 1.53. The zero-order valence-electron chi connectivity index (χ0n) is 15.5. The SMILES string of the molecule is CO[C@H](C(=O)NC[C@@H]1Cc2cc(-c3cnccn3)ccc2O1)c1ccccc1. The Kier molecular flexibility index (Phi) is 5.30. The van der Waals surface area contributed by atoms with Crippen molar-refractivity contribution in [3.8, 4) is 17.0 Å². The molecule has 0 bridgehead atoms. The van der Waals surface area contributed by atoms with Gasteiger partial charge in [-0.1, -0.05) is 30.3 Å². The van der Waals surface area contributed by atoms with Crippen molar-refractivity contribution in [3.05, 3.63) is 78.2 Å². The van der Waals surface area contributed by atoms with Crippen LogP contribution in [-0.4, -0.2) is 35.6 Å². The Bertz CT molecular complexity index is 948. The van der Waals surface area contributed by atoms with Crippen LogP contribution in [0.25, 0.3) is 11.3 Å². The Morgan fingerprint density at radius 2 is 2.11 bits per heavy atom. The average Bonchev–Trinajstić information content (AvgIpc) is 3.16. The Labute approximate surface area is 163 Å². The fourth-order valence-corrected chi connectivity index (χ4v) is 3.37. The largest absolute Gasteiger partial charge is 0.488 e. The minimum absolute atomic E-state index is 0.107. The highest BCUT2D eigenvalue weighted by molar-refractivity contribution is 5.82. The van der Waals surface area contributed by atoms with Gasteiger partial charge in [-0.2, -0.15) is 0 Å². The lowest BCUT2D eigenvalue weighted by atomic mass is 10.0. The summed E-state index contributed by atoms with van der Waals surface area (Å²) >= 11 is 0. The van der Waals surface area contributed by atoms with Crippen LogP contribution in [0.1, 0.15) is 17.2 Å². The molecule has 28 heavy (non-hydrogen) atoms. The summed E-state index contributed by atoms with van der Waals surface area (Å²) in [6.45, 7) is 0.417. The molecule has 0 aliphatic carbocycles. The summed E-state index contributed by atoms with van der Waals surface area (Å²) in [6.07, 6.45) is 5.06. The molecule has 3 aromatic rings. The minimum Gasteiger partial charge on any atom is -0.488 e. The highest BCUT2D eigenvalue weighted by atomic mass is 16.5. The highest BCUT2D eigenvalue weighted by Gasteiger charge is 2.26. The average molecular weight is 375 g/mol. The van der Waals surface area contributed by atoms with E-state index in [0.29, 0.717) is 6.54 Å². The van der Waals surface area contributed by atoms with Gasteiger partial charge in [0, 0.05) is 31.5 Å². The van der Waals surface area contributed by atoms with Crippen LogP contribution >= 0.6 is 0 Å². The number of carbonyl (C=O) groups excluding carboxylic acids is 1. The molecule has 6 heteroatoms. The second kappa shape index (κ2) is 8.19. The highest BCUT2D eigenvalue weighted by Crippen LogP contribution is 2.32. The third kappa shape index (κ3) is 3.87. The van der Waals surface area contributed by atoms with Crippen molar-refractivity contribution in [3.63, 3.8) is 0 Å². The molecular weight excluding hydrogens is 354 g/mol. The van der Waals surface area contributed by atoms with E-state index in [0.717, 1.165) is 34.6 Å². The molecule has 0 saturated carbocycles. The first-order chi connectivity index (χ1) is 13.7. The van der Waals surface area contributed by atoms with Crippen molar-refractivity contribution in [2.45, 2.75) is 18.6 Å². The number of hydrogen-bond donors (Lipinski definition) is 1. The molecule has 0 spiro atoms. The van der Waals surface area contributed by atoms with E-state index in [1.54, 1.807) is 18.6 Å². The topological polar surface area (TPSA) is 73.3 Å². The standard InChI is InChI=1S/C22H21N3O3/c1-27-21(15-5-3-2-4-6-15)22(26)25-13-18-12-17-11-16(7-8-20(17)28-18)19-14-23-9-10-24-19/h2-11,14,18,21H,12-13H2,1H3,(H,25,26)/t18-,21-/m0/s1. The van der Waals surface area contributed by atoms with E-state index in [1.165, 1.54) is 7.11 Å². The van der Waals surface area contributed by atoms with Gasteiger partial charge in [0.05, 0.1) is 18.4 Å². The molecule has 2 heterocycles. The third-order valence-electron chi connectivity index (χ3n) is 4.74. The van der Waals surface area contributed by atoms with E-state index >= 15 is 0 Å². The first-order valence-corrected chi connectivity index (χ1v) is 9.16. The van der Waals surface area contributed by atoms with E-state index in [1.807, 2.05) is 42.5 Å². The predicted octanol–water partition coefficient (Wildman–Crippen LogP) is 2.95. The molecule has 0 radical (unpaired) electrons. The Hall–Kier alpha value is -3.25. The molecule has 1 aliphatic rings. The molecular formula is C22H21N3O3. The zero-order valence-corrected chi connectivity index (χ0v) is 15.5. The Morgan fingerprint density at radius 3 is 2.86 bits per heavy atom. The van der Waals surface area contributed by atoms with Crippen molar-refractivity contribution in [2.24, 2.45) is 0 Å². The molecule has 4 rings (SSSR count). The zero-order chi connectivity index (χ0) is 19.3. The van der Waals surface area contributed by atoms with E-state index in [4.69, 9.17) is 9.47 Å². The number of amides is 1. The summed E-state index contributed by atoms with van der Waals surface area (Å²) < 4.78 is 11.3. The second-order valence-electron chi connectivity index (χ2n) is 6.63. The molecule has 142 valence electrons. The number of carbonyl (C=O) groups is 1. The smallest absolute Gasteiger partial charge is 0.253 e. The number of ether oxygens (including phenoxy) is 2. The van der Waals surface area contributed by atoms with Gasteiger partial charge >= 0.3 is 0 Å². The van der Waals surface area contributed by atoms with Crippen molar-refractivity contribution < 1.29 is 14.3 Å². The van der Waals surface area contributed by atoms with Crippen LogP contribution in [0.3, 0.4) is 0 Å². The van der Waals surface area contributed by atoms with E-state index < -0.39 is 6.10 Å². The monoisotopic (exact) mass is 375 g/mol. The molecule has 2 atom stereocenters. The molecule has 0 fully saturated rings. The summed E-state index contributed by atoms with van der Waals surface area (Å²) in [5, 5.41) is 2.94. The number of hydrogen-bond acceptors (Lipinski definition) is 5. The summed E-state index contributed by atoms with van der Waals surface area (Å²) in [5.74, 6) is 0.673. The lowest BCUT2D eigenvalue weighted by molar-refractivity contribution is -0.131. The minimum atomic E-state index is -0.631. The van der Waals surface area contributed by atoms with E-state index in [2.05, 4.69) is 21.4 Å². The maximum atomic E-state index is 12.5. The fraction of sp³-hybridized carbons (Fsp3) is 0.227. The van der Waals surface area contributed by atoms with Crippen molar-refractivity contribution in [1.82, 2.24) is 15.3 Å². The summed E-state index contributed by atoms with van der Waals surface area (Å²) in [5.41, 5.74) is 3.76. The molecule has 6 nitrogen and oxygen atoms in total. The van der Waals surface area contributed by atoms with Gasteiger partial charge in [-0.15, -0.1) is 0 Å². The first kappa shape index (κ1) is 18.1. The molecule has 0 unspecified atom stereocenters. The third-order valence-corrected chi connectivity index (χ3v) is 4.74. The molecule has 1 aliphatic heterocycles. The number of aromatic nitrogens is 2. The van der Waals surface area contributed by atoms with E-state index in [9.17, 15) is 4.79 Å². The van der Waals surface area contributed by atoms with Gasteiger partial charge in [0.2, 0.25) is 0 Å². The molecule has 1 amide bonds.